The van der Waals surface area contributed by atoms with Crippen LogP contribution in [0.4, 0.5) is 13.2 Å². The highest BCUT2D eigenvalue weighted by atomic mass is 19.4. The molecule has 1 atom stereocenters. The first-order valence-electron chi connectivity index (χ1n) is 3.51. The van der Waals surface area contributed by atoms with Crippen molar-refractivity contribution in [1.29, 1.82) is 0 Å². The maximum atomic E-state index is 12.0. The SMILES string of the molecule is CC(C)C[C@H](N=C=O)C(F)(F)F. The molecule has 12 heavy (non-hydrogen) atoms. The van der Waals surface area contributed by atoms with Gasteiger partial charge in [-0.3, -0.25) is 0 Å². The fourth-order valence-electron chi connectivity index (χ4n) is 0.770. The van der Waals surface area contributed by atoms with Gasteiger partial charge >= 0.3 is 6.18 Å². The monoisotopic (exact) mass is 181 g/mol. The smallest absolute Gasteiger partial charge is 0.211 e. The zero-order valence-corrected chi connectivity index (χ0v) is 6.85. The molecule has 0 aliphatic heterocycles. The average Bonchev–Trinajstić information content (AvgIpc) is 1.83. The van der Waals surface area contributed by atoms with Crippen molar-refractivity contribution in [2.24, 2.45) is 10.9 Å². The normalized spacial score (nSPS) is 14.2. The number of rotatable bonds is 3. The van der Waals surface area contributed by atoms with E-state index in [1.807, 2.05) is 0 Å². The van der Waals surface area contributed by atoms with Crippen LogP contribution >= 0.6 is 0 Å². The Balaban J connectivity index is 4.34. The first-order chi connectivity index (χ1) is 5.38. The number of isocyanates is 1. The summed E-state index contributed by atoms with van der Waals surface area (Å²) >= 11 is 0. The van der Waals surface area contributed by atoms with E-state index in [0.29, 0.717) is 0 Å². The maximum absolute atomic E-state index is 12.0. The van der Waals surface area contributed by atoms with Gasteiger partial charge in [0.15, 0.2) is 6.04 Å². The van der Waals surface area contributed by atoms with E-state index in [9.17, 15) is 18.0 Å². The van der Waals surface area contributed by atoms with Crippen LogP contribution in [-0.4, -0.2) is 18.3 Å². The molecule has 0 saturated carbocycles. The Hall–Kier alpha value is -0.830. The molecule has 0 unspecified atom stereocenters. The molecule has 70 valence electrons. The third-order valence-corrected chi connectivity index (χ3v) is 1.28. The Labute approximate surface area is 68.5 Å². The van der Waals surface area contributed by atoms with Crippen LogP contribution in [0.15, 0.2) is 4.99 Å². The van der Waals surface area contributed by atoms with Crippen LogP contribution < -0.4 is 0 Å². The van der Waals surface area contributed by atoms with Crippen LogP contribution in [0.25, 0.3) is 0 Å². The molecule has 0 spiro atoms. The van der Waals surface area contributed by atoms with Gasteiger partial charge in [0.25, 0.3) is 0 Å². The minimum Gasteiger partial charge on any atom is -0.211 e. The van der Waals surface area contributed by atoms with E-state index in [1.165, 1.54) is 0 Å². The van der Waals surface area contributed by atoms with Crippen LogP contribution in [0.2, 0.25) is 0 Å². The van der Waals surface area contributed by atoms with Crippen molar-refractivity contribution >= 4 is 6.08 Å². The van der Waals surface area contributed by atoms with E-state index in [-0.39, 0.29) is 12.3 Å². The Morgan fingerprint density at radius 1 is 1.42 bits per heavy atom. The molecule has 0 saturated heterocycles. The molecule has 0 amide bonds. The second-order valence-electron chi connectivity index (χ2n) is 2.91. The summed E-state index contributed by atoms with van der Waals surface area (Å²) in [7, 11) is 0. The number of hydrogen-bond donors (Lipinski definition) is 0. The van der Waals surface area contributed by atoms with Gasteiger partial charge in [0.05, 0.1) is 0 Å². The molecule has 0 radical (unpaired) electrons. The predicted octanol–water partition coefficient (Wildman–Crippen LogP) is 2.30. The van der Waals surface area contributed by atoms with E-state index in [0.717, 1.165) is 6.08 Å². The number of carbonyl (C=O) groups excluding carboxylic acids is 1. The Kier molecular flexibility index (Phi) is 3.96. The van der Waals surface area contributed by atoms with Gasteiger partial charge < -0.3 is 0 Å². The first-order valence-corrected chi connectivity index (χ1v) is 3.51. The van der Waals surface area contributed by atoms with Gasteiger partial charge in [-0.15, -0.1) is 0 Å². The van der Waals surface area contributed by atoms with Crippen molar-refractivity contribution in [3.63, 3.8) is 0 Å². The number of alkyl halides is 3. The topological polar surface area (TPSA) is 29.4 Å². The zero-order valence-electron chi connectivity index (χ0n) is 6.85. The first kappa shape index (κ1) is 11.2. The zero-order chi connectivity index (χ0) is 9.78. The van der Waals surface area contributed by atoms with Crippen molar-refractivity contribution in [2.45, 2.75) is 32.5 Å². The summed E-state index contributed by atoms with van der Waals surface area (Å²) in [5, 5.41) is 0. The predicted molar refractivity (Wildman–Crippen MR) is 37.4 cm³/mol. The van der Waals surface area contributed by atoms with Gasteiger partial charge in [0.2, 0.25) is 6.08 Å². The molecule has 0 N–H and O–H groups in total. The summed E-state index contributed by atoms with van der Waals surface area (Å²) in [5.74, 6) is -0.145. The lowest BCUT2D eigenvalue weighted by atomic mass is 10.0. The fourth-order valence-corrected chi connectivity index (χ4v) is 0.770. The van der Waals surface area contributed by atoms with Gasteiger partial charge in [0.1, 0.15) is 0 Å². The molecule has 0 heterocycles. The van der Waals surface area contributed by atoms with Crippen LogP contribution in [0, 0.1) is 5.92 Å². The fraction of sp³-hybridized carbons (Fsp3) is 0.857. The lowest BCUT2D eigenvalue weighted by Gasteiger charge is -2.15. The molecule has 0 rings (SSSR count). The number of nitrogens with zero attached hydrogens (tertiary/aromatic N) is 1. The van der Waals surface area contributed by atoms with Crippen molar-refractivity contribution in [3.8, 4) is 0 Å². The second kappa shape index (κ2) is 4.26. The Morgan fingerprint density at radius 3 is 2.17 bits per heavy atom. The van der Waals surface area contributed by atoms with E-state index < -0.39 is 12.2 Å². The summed E-state index contributed by atoms with van der Waals surface area (Å²) in [4.78, 5) is 12.4. The molecule has 0 aliphatic rings. The summed E-state index contributed by atoms with van der Waals surface area (Å²) in [6, 6.07) is -1.89. The largest absolute Gasteiger partial charge is 0.411 e. The van der Waals surface area contributed by atoms with E-state index in [4.69, 9.17) is 0 Å². The summed E-state index contributed by atoms with van der Waals surface area (Å²) in [6.07, 6.45) is -3.66. The minimum atomic E-state index is -4.43. The molecule has 0 aromatic rings. The Bertz CT molecular complexity index is 182. The number of halogens is 3. The molecular formula is C7H10F3NO. The lowest BCUT2D eigenvalue weighted by molar-refractivity contribution is -0.149. The highest BCUT2D eigenvalue weighted by Gasteiger charge is 2.39. The van der Waals surface area contributed by atoms with Gasteiger partial charge in [-0.25, -0.2) is 4.79 Å². The van der Waals surface area contributed by atoms with Crippen LogP contribution in [0.1, 0.15) is 20.3 Å². The number of hydrogen-bond acceptors (Lipinski definition) is 2. The third-order valence-electron chi connectivity index (χ3n) is 1.28. The summed E-state index contributed by atoms with van der Waals surface area (Å²) < 4.78 is 36.0. The van der Waals surface area contributed by atoms with Crippen LogP contribution in [0.5, 0.6) is 0 Å². The van der Waals surface area contributed by atoms with E-state index >= 15 is 0 Å². The highest BCUT2D eigenvalue weighted by Crippen LogP contribution is 2.27. The van der Waals surface area contributed by atoms with Gasteiger partial charge in [-0.05, 0) is 12.3 Å². The highest BCUT2D eigenvalue weighted by molar-refractivity contribution is 5.33. The van der Waals surface area contributed by atoms with Crippen LogP contribution in [-0.2, 0) is 4.79 Å². The molecule has 0 bridgehead atoms. The lowest BCUT2D eigenvalue weighted by Crippen LogP contribution is -2.28. The van der Waals surface area contributed by atoms with Crippen molar-refractivity contribution < 1.29 is 18.0 Å². The third kappa shape index (κ3) is 4.13. The average molecular weight is 181 g/mol. The van der Waals surface area contributed by atoms with Crippen LogP contribution in [0.3, 0.4) is 0 Å². The molecule has 0 aliphatic carbocycles. The van der Waals surface area contributed by atoms with Crippen molar-refractivity contribution in [2.75, 3.05) is 0 Å². The molecule has 0 aromatic heterocycles. The van der Waals surface area contributed by atoms with E-state index in [1.54, 1.807) is 13.8 Å². The Morgan fingerprint density at radius 2 is 1.92 bits per heavy atom. The molecule has 0 fully saturated rings. The van der Waals surface area contributed by atoms with Gasteiger partial charge in [0, 0.05) is 0 Å². The quantitative estimate of drug-likeness (QED) is 0.485. The molecule has 0 aromatic carbocycles. The standard InChI is InChI=1S/C7H10F3NO/c1-5(2)3-6(11-4-12)7(8,9)10/h5-6H,3H2,1-2H3/t6-/m0/s1. The minimum absolute atomic E-state index is 0.145. The summed E-state index contributed by atoms with van der Waals surface area (Å²) in [5.41, 5.74) is 0. The van der Waals surface area contributed by atoms with Crippen molar-refractivity contribution in [1.82, 2.24) is 0 Å². The molecule has 2 nitrogen and oxygen atoms in total. The van der Waals surface area contributed by atoms with Gasteiger partial charge in [-0.1, -0.05) is 13.8 Å². The number of aliphatic imine (C=N–C) groups is 1. The van der Waals surface area contributed by atoms with E-state index in [2.05, 4.69) is 4.99 Å². The second-order valence-corrected chi connectivity index (χ2v) is 2.91. The molecule has 5 heteroatoms. The van der Waals surface area contributed by atoms with Crippen molar-refractivity contribution in [3.05, 3.63) is 0 Å². The van der Waals surface area contributed by atoms with Gasteiger partial charge in [-0.2, -0.15) is 18.2 Å². The maximum Gasteiger partial charge on any atom is 0.411 e. The summed E-state index contributed by atoms with van der Waals surface area (Å²) in [6.45, 7) is 3.28. The molecular weight excluding hydrogens is 171 g/mol.